The van der Waals surface area contributed by atoms with Gasteiger partial charge in [-0.05, 0) is 55.2 Å². The van der Waals surface area contributed by atoms with E-state index in [1.54, 1.807) is 24.8 Å². The third kappa shape index (κ3) is 3.88. The largest absolute Gasteiger partial charge is 0.494 e. The van der Waals surface area contributed by atoms with E-state index >= 15 is 0 Å². The van der Waals surface area contributed by atoms with E-state index in [-0.39, 0.29) is 5.56 Å². The number of ether oxygens (including phenoxy) is 1. The monoisotopic (exact) mass is 389 g/mol. The summed E-state index contributed by atoms with van der Waals surface area (Å²) in [6.45, 7) is 5.63. The smallest absolute Gasteiger partial charge is 0.278 e. The minimum Gasteiger partial charge on any atom is -0.494 e. The number of rotatable bonds is 5. The van der Waals surface area contributed by atoms with Gasteiger partial charge in [-0.15, -0.1) is 0 Å². The number of amides is 1. The Balaban J connectivity index is 2.21. The molecule has 0 unspecified atom stereocenters. The summed E-state index contributed by atoms with van der Waals surface area (Å²) in [6.07, 6.45) is 5.43. The van der Waals surface area contributed by atoms with E-state index in [4.69, 9.17) is 9.72 Å². The number of benzene rings is 1. The number of methoxy groups -OCH3 is 1. The highest BCUT2D eigenvalue weighted by Gasteiger charge is 2.24. The van der Waals surface area contributed by atoms with Crippen LogP contribution < -0.4 is 10.2 Å². The maximum absolute atomic E-state index is 12.4. The van der Waals surface area contributed by atoms with E-state index in [0.717, 1.165) is 22.3 Å². The van der Waals surface area contributed by atoms with Crippen molar-refractivity contribution in [3.05, 3.63) is 71.7 Å². The number of carbonyl (C=O) groups excluding carboxylic acids is 1. The van der Waals surface area contributed by atoms with Crippen LogP contribution in [0, 0.1) is 6.92 Å². The maximum Gasteiger partial charge on any atom is 0.278 e. The van der Waals surface area contributed by atoms with Crippen LogP contribution in [0.1, 0.15) is 35.5 Å². The topological polar surface area (TPSA) is 84.3 Å². The van der Waals surface area contributed by atoms with Gasteiger partial charge in [0.15, 0.2) is 5.75 Å². The van der Waals surface area contributed by atoms with E-state index in [1.165, 1.54) is 7.11 Å². The summed E-state index contributed by atoms with van der Waals surface area (Å²) in [4.78, 5) is 21.2. The van der Waals surface area contributed by atoms with Crippen LogP contribution in [0.25, 0.3) is 28.0 Å². The Hall–Kier alpha value is -3.51. The molecule has 0 spiro atoms. The normalized spacial score (nSPS) is 11.3. The van der Waals surface area contributed by atoms with Gasteiger partial charge in [0.25, 0.3) is 5.91 Å². The quantitative estimate of drug-likeness (QED) is 0.489. The lowest BCUT2D eigenvalue weighted by Gasteiger charge is -2.18. The predicted octanol–water partition coefficient (Wildman–Crippen LogP) is 4.67. The number of aromatic nitrogens is 2. The fourth-order valence-electron chi connectivity index (χ4n) is 3.26. The van der Waals surface area contributed by atoms with Crippen molar-refractivity contribution in [2.45, 2.75) is 20.8 Å². The molecular formula is C23H23N3O3. The molecule has 0 bridgehead atoms. The average molecular weight is 389 g/mol. The summed E-state index contributed by atoms with van der Waals surface area (Å²) >= 11 is 0. The van der Waals surface area contributed by atoms with Crippen molar-refractivity contribution in [3.63, 3.8) is 0 Å². The molecule has 148 valence electrons. The van der Waals surface area contributed by atoms with Crippen molar-refractivity contribution >= 4 is 11.5 Å². The molecule has 6 heteroatoms. The van der Waals surface area contributed by atoms with Crippen molar-refractivity contribution in [2.75, 3.05) is 7.11 Å². The van der Waals surface area contributed by atoms with E-state index in [9.17, 15) is 10.0 Å². The van der Waals surface area contributed by atoms with E-state index in [1.807, 2.05) is 56.3 Å². The fourth-order valence-corrected chi connectivity index (χ4v) is 3.26. The molecule has 2 N–H and O–H groups in total. The standard InChI is InChI=1S/C23H23N3O3/c1-5-14(2)20-15(3)19(23(27)26-28)22(29-4)21(25-20)18-8-6-16(7-9-18)17-10-12-24-13-11-17/h5-13,28H,1-4H3,(H,26,27)/b14-5-. The highest BCUT2D eigenvalue weighted by atomic mass is 16.5. The Bertz CT molecular complexity index is 1060. The van der Waals surface area contributed by atoms with Crippen LogP contribution in [0.2, 0.25) is 0 Å². The van der Waals surface area contributed by atoms with Gasteiger partial charge in [-0.3, -0.25) is 15.0 Å². The van der Waals surface area contributed by atoms with Crippen LogP contribution >= 0.6 is 0 Å². The van der Waals surface area contributed by atoms with Crippen LogP contribution in [0.4, 0.5) is 0 Å². The molecule has 29 heavy (non-hydrogen) atoms. The predicted molar refractivity (Wildman–Crippen MR) is 113 cm³/mol. The summed E-state index contributed by atoms with van der Waals surface area (Å²) in [5, 5.41) is 9.25. The molecule has 0 atom stereocenters. The van der Waals surface area contributed by atoms with Gasteiger partial charge in [-0.2, -0.15) is 0 Å². The molecule has 0 aliphatic carbocycles. The number of allylic oxidation sites excluding steroid dienone is 2. The van der Waals surface area contributed by atoms with Crippen LogP contribution in [0.3, 0.4) is 0 Å². The van der Waals surface area contributed by atoms with Crippen LogP contribution in [0.15, 0.2) is 54.9 Å². The zero-order chi connectivity index (χ0) is 21.0. The Morgan fingerprint density at radius 1 is 1.07 bits per heavy atom. The summed E-state index contributed by atoms with van der Waals surface area (Å²) in [5.74, 6) is -0.320. The number of carbonyl (C=O) groups is 1. The highest BCUT2D eigenvalue weighted by Crippen LogP contribution is 2.37. The lowest BCUT2D eigenvalue weighted by atomic mass is 9.96. The van der Waals surface area contributed by atoms with Crippen molar-refractivity contribution in [1.82, 2.24) is 15.4 Å². The zero-order valence-corrected chi connectivity index (χ0v) is 16.9. The Labute approximate surface area is 169 Å². The first-order valence-electron chi connectivity index (χ1n) is 9.19. The van der Waals surface area contributed by atoms with Crippen molar-refractivity contribution in [3.8, 4) is 28.1 Å². The zero-order valence-electron chi connectivity index (χ0n) is 16.9. The van der Waals surface area contributed by atoms with Gasteiger partial charge < -0.3 is 4.74 Å². The summed E-state index contributed by atoms with van der Waals surface area (Å²) < 4.78 is 5.56. The average Bonchev–Trinajstić information content (AvgIpc) is 2.78. The first-order chi connectivity index (χ1) is 14.0. The second-order valence-electron chi connectivity index (χ2n) is 6.57. The minimum atomic E-state index is -0.637. The number of nitrogens with one attached hydrogen (secondary N) is 1. The molecule has 0 radical (unpaired) electrons. The Kier molecular flexibility index (Phi) is 6.04. The number of hydrogen-bond donors (Lipinski definition) is 2. The SMILES string of the molecule is C/C=C(/C)c1nc(-c2ccc(-c3ccncc3)cc2)c(OC)c(C(=O)NO)c1C. The molecule has 0 saturated carbocycles. The van der Waals surface area contributed by atoms with Gasteiger partial charge in [-0.1, -0.05) is 30.3 Å². The van der Waals surface area contributed by atoms with Gasteiger partial charge in [0.05, 0.1) is 18.4 Å². The first-order valence-corrected chi connectivity index (χ1v) is 9.19. The molecule has 2 heterocycles. The van der Waals surface area contributed by atoms with Gasteiger partial charge in [0, 0.05) is 18.0 Å². The summed E-state index contributed by atoms with van der Waals surface area (Å²) in [7, 11) is 1.49. The van der Waals surface area contributed by atoms with Crippen molar-refractivity contribution in [1.29, 1.82) is 0 Å². The molecule has 0 fully saturated rings. The van der Waals surface area contributed by atoms with Gasteiger partial charge in [0.1, 0.15) is 5.69 Å². The highest BCUT2D eigenvalue weighted by molar-refractivity contribution is 6.01. The van der Waals surface area contributed by atoms with Crippen LogP contribution in [0.5, 0.6) is 5.75 Å². The van der Waals surface area contributed by atoms with Crippen molar-refractivity contribution in [2.24, 2.45) is 0 Å². The molecule has 3 rings (SSSR count). The van der Waals surface area contributed by atoms with Gasteiger partial charge >= 0.3 is 0 Å². The molecule has 0 aliphatic rings. The number of hydroxylamine groups is 1. The van der Waals surface area contributed by atoms with E-state index < -0.39 is 5.91 Å². The van der Waals surface area contributed by atoms with E-state index in [2.05, 4.69) is 4.98 Å². The van der Waals surface area contributed by atoms with Gasteiger partial charge in [0.2, 0.25) is 0 Å². The second-order valence-corrected chi connectivity index (χ2v) is 6.57. The number of pyridine rings is 2. The lowest BCUT2D eigenvalue weighted by Crippen LogP contribution is -2.22. The molecule has 1 aromatic carbocycles. The fraction of sp³-hybridized carbons (Fsp3) is 0.174. The molecule has 0 aliphatic heterocycles. The van der Waals surface area contributed by atoms with Crippen LogP contribution in [-0.2, 0) is 0 Å². The number of hydrogen-bond acceptors (Lipinski definition) is 5. The van der Waals surface area contributed by atoms with Crippen LogP contribution in [-0.4, -0.2) is 28.2 Å². The first kappa shape index (κ1) is 20.2. The molecule has 6 nitrogen and oxygen atoms in total. The van der Waals surface area contributed by atoms with Gasteiger partial charge in [-0.25, -0.2) is 10.5 Å². The second kappa shape index (κ2) is 8.67. The van der Waals surface area contributed by atoms with E-state index in [0.29, 0.717) is 22.7 Å². The third-order valence-corrected chi connectivity index (χ3v) is 4.91. The summed E-state index contributed by atoms with van der Waals surface area (Å²) in [6, 6.07) is 11.7. The lowest BCUT2D eigenvalue weighted by molar-refractivity contribution is 0.0702. The third-order valence-electron chi connectivity index (χ3n) is 4.91. The molecule has 0 saturated heterocycles. The van der Waals surface area contributed by atoms with Crippen molar-refractivity contribution < 1.29 is 14.7 Å². The number of nitrogens with zero attached hydrogens (tertiary/aromatic N) is 2. The molecular weight excluding hydrogens is 366 g/mol. The Morgan fingerprint density at radius 3 is 2.21 bits per heavy atom. The molecule has 3 aromatic rings. The minimum absolute atomic E-state index is 0.259. The molecule has 1 amide bonds. The maximum atomic E-state index is 12.4. The molecule has 2 aromatic heterocycles. The summed E-state index contributed by atoms with van der Waals surface area (Å²) in [5.41, 5.74) is 7.66. The Morgan fingerprint density at radius 2 is 1.66 bits per heavy atom.